The molecule has 0 saturated carbocycles. The highest BCUT2D eigenvalue weighted by Crippen LogP contribution is 2.22. The van der Waals surface area contributed by atoms with Crippen molar-refractivity contribution in [3.05, 3.63) is 33.8 Å². The highest BCUT2D eigenvalue weighted by molar-refractivity contribution is 6.42. The van der Waals surface area contributed by atoms with E-state index in [1.54, 1.807) is 12.1 Å². The molecule has 1 fully saturated rings. The maximum atomic E-state index is 12.2. The molecule has 0 aromatic heterocycles. The Bertz CT molecular complexity index is 498. The first-order valence-electron chi connectivity index (χ1n) is 6.68. The van der Waals surface area contributed by atoms with Gasteiger partial charge in [-0.1, -0.05) is 23.2 Å². The van der Waals surface area contributed by atoms with E-state index in [0.717, 1.165) is 0 Å². The van der Waals surface area contributed by atoms with Gasteiger partial charge >= 0.3 is 0 Å². The lowest BCUT2D eigenvalue weighted by molar-refractivity contribution is -0.0612. The van der Waals surface area contributed by atoms with Crippen LogP contribution in [0.1, 0.15) is 16.8 Å². The molecule has 2 rings (SSSR count). The number of carbonyl (C=O) groups excluding carboxylic acids is 1. The van der Waals surface area contributed by atoms with Crippen molar-refractivity contribution in [3.8, 4) is 0 Å². The van der Waals surface area contributed by atoms with Crippen LogP contribution in [0.15, 0.2) is 18.2 Å². The highest BCUT2D eigenvalue weighted by Gasteiger charge is 2.28. The van der Waals surface area contributed by atoms with Crippen molar-refractivity contribution in [1.82, 2.24) is 5.32 Å². The lowest BCUT2D eigenvalue weighted by atomic mass is 10.1. The largest absolute Gasteiger partial charge is 0.394 e. The topological polar surface area (TPSA) is 67.8 Å². The van der Waals surface area contributed by atoms with Gasteiger partial charge in [0.1, 0.15) is 0 Å². The first-order chi connectivity index (χ1) is 10.1. The van der Waals surface area contributed by atoms with Gasteiger partial charge in [0.15, 0.2) is 0 Å². The molecule has 0 radical (unpaired) electrons. The van der Waals surface area contributed by atoms with Gasteiger partial charge in [0.25, 0.3) is 5.91 Å². The summed E-state index contributed by atoms with van der Waals surface area (Å²) < 4.78 is 10.9. The summed E-state index contributed by atoms with van der Waals surface area (Å²) in [6.45, 7) is 1.15. The Labute approximate surface area is 133 Å². The minimum Gasteiger partial charge on any atom is -0.394 e. The Morgan fingerprint density at radius 3 is 2.95 bits per heavy atom. The molecule has 1 heterocycles. The molecule has 1 aromatic carbocycles. The van der Waals surface area contributed by atoms with E-state index < -0.39 is 0 Å². The fourth-order valence-electron chi connectivity index (χ4n) is 2.15. The van der Waals surface area contributed by atoms with E-state index >= 15 is 0 Å². The molecule has 0 bridgehead atoms. The minimum absolute atomic E-state index is 0.0508. The number of ether oxygens (including phenoxy) is 2. The maximum Gasteiger partial charge on any atom is 0.251 e. The Morgan fingerprint density at radius 1 is 1.43 bits per heavy atom. The molecule has 0 unspecified atom stereocenters. The van der Waals surface area contributed by atoms with Gasteiger partial charge in [-0.2, -0.15) is 0 Å². The average molecular weight is 334 g/mol. The van der Waals surface area contributed by atoms with E-state index in [1.165, 1.54) is 6.07 Å². The third-order valence-corrected chi connectivity index (χ3v) is 3.95. The van der Waals surface area contributed by atoms with Gasteiger partial charge in [0.2, 0.25) is 0 Å². The summed E-state index contributed by atoms with van der Waals surface area (Å²) in [6.07, 6.45) is 0.504. The molecule has 5 nitrogen and oxygen atoms in total. The predicted octanol–water partition coefficient (Wildman–Crippen LogP) is 1.89. The van der Waals surface area contributed by atoms with Crippen molar-refractivity contribution in [2.75, 3.05) is 26.4 Å². The molecule has 116 valence electrons. The number of halogens is 2. The number of benzene rings is 1. The fraction of sp³-hybridized carbons (Fsp3) is 0.500. The van der Waals surface area contributed by atoms with E-state index in [2.05, 4.69) is 5.32 Å². The van der Waals surface area contributed by atoms with Crippen LogP contribution >= 0.6 is 23.2 Å². The zero-order valence-corrected chi connectivity index (χ0v) is 12.9. The Morgan fingerprint density at radius 2 is 2.24 bits per heavy atom. The second-order valence-corrected chi connectivity index (χ2v) is 5.52. The summed E-state index contributed by atoms with van der Waals surface area (Å²) >= 11 is 11.7. The minimum atomic E-state index is -0.262. The normalized spacial score (nSPS) is 22.0. The third kappa shape index (κ3) is 4.56. The van der Waals surface area contributed by atoms with Crippen molar-refractivity contribution >= 4 is 29.1 Å². The summed E-state index contributed by atoms with van der Waals surface area (Å²) in [6, 6.07) is 4.45. The molecule has 7 heteroatoms. The zero-order valence-electron chi connectivity index (χ0n) is 11.4. The van der Waals surface area contributed by atoms with E-state index in [4.69, 9.17) is 37.8 Å². The van der Waals surface area contributed by atoms with Crippen LogP contribution in [0.25, 0.3) is 0 Å². The number of amides is 1. The van der Waals surface area contributed by atoms with Gasteiger partial charge in [-0.15, -0.1) is 0 Å². The smallest absolute Gasteiger partial charge is 0.251 e. The first kappa shape index (κ1) is 16.5. The molecule has 1 amide bonds. The van der Waals surface area contributed by atoms with Gasteiger partial charge in [-0.05, 0) is 24.6 Å². The van der Waals surface area contributed by atoms with Gasteiger partial charge in [-0.25, -0.2) is 0 Å². The van der Waals surface area contributed by atoms with Crippen LogP contribution in [0.4, 0.5) is 0 Å². The molecule has 2 N–H and O–H groups in total. The van der Waals surface area contributed by atoms with Crippen LogP contribution in [-0.2, 0) is 9.47 Å². The number of aliphatic hydroxyl groups excluding tert-OH is 1. The van der Waals surface area contributed by atoms with E-state index in [9.17, 15) is 4.79 Å². The van der Waals surface area contributed by atoms with Gasteiger partial charge in [0, 0.05) is 12.2 Å². The van der Waals surface area contributed by atoms with Gasteiger partial charge in [0.05, 0.1) is 42.0 Å². The van der Waals surface area contributed by atoms with Crippen LogP contribution in [-0.4, -0.2) is 49.6 Å². The number of rotatable bonds is 5. The van der Waals surface area contributed by atoms with E-state index in [0.29, 0.717) is 35.2 Å². The molecule has 1 aliphatic heterocycles. The lowest BCUT2D eigenvalue weighted by Gasteiger charge is -2.32. The standard InChI is InChI=1S/C14H17Cl2NO4/c15-10-2-1-9(7-11(10)16)14(19)17-12-8-20-5-3-13(12)21-6-4-18/h1-2,7,12-13,18H,3-6,8H2,(H,17,19)/t12-,13+/m0/s1. The van der Waals surface area contributed by atoms with E-state index in [1.807, 2.05) is 0 Å². The lowest BCUT2D eigenvalue weighted by Crippen LogP contribution is -2.50. The number of carbonyl (C=O) groups is 1. The van der Waals surface area contributed by atoms with Crippen molar-refractivity contribution in [2.45, 2.75) is 18.6 Å². The van der Waals surface area contributed by atoms with Crippen molar-refractivity contribution < 1.29 is 19.4 Å². The molecule has 0 aliphatic carbocycles. The summed E-state index contributed by atoms with van der Waals surface area (Å²) in [5.41, 5.74) is 0.427. The monoisotopic (exact) mass is 333 g/mol. The molecular formula is C14H17Cl2NO4. The molecule has 1 aliphatic rings. The van der Waals surface area contributed by atoms with Crippen LogP contribution in [0.2, 0.25) is 10.0 Å². The predicted molar refractivity (Wildman–Crippen MR) is 80.0 cm³/mol. The van der Waals surface area contributed by atoms with Gasteiger partial charge in [-0.3, -0.25) is 4.79 Å². The zero-order chi connectivity index (χ0) is 15.2. The molecule has 21 heavy (non-hydrogen) atoms. The Kier molecular flexibility index (Phi) is 6.26. The summed E-state index contributed by atoms with van der Waals surface area (Å²) in [5.74, 6) is -0.262. The molecule has 2 atom stereocenters. The summed E-state index contributed by atoms with van der Waals surface area (Å²) in [4.78, 5) is 12.2. The van der Waals surface area contributed by atoms with Crippen molar-refractivity contribution in [1.29, 1.82) is 0 Å². The average Bonchev–Trinajstić information content (AvgIpc) is 2.49. The number of hydrogen-bond acceptors (Lipinski definition) is 4. The van der Waals surface area contributed by atoms with Crippen LogP contribution in [0.3, 0.4) is 0 Å². The second-order valence-electron chi connectivity index (χ2n) is 4.71. The number of hydrogen-bond donors (Lipinski definition) is 2. The summed E-state index contributed by atoms with van der Waals surface area (Å²) in [7, 11) is 0. The van der Waals surface area contributed by atoms with Crippen molar-refractivity contribution in [2.24, 2.45) is 0 Å². The molecular weight excluding hydrogens is 317 g/mol. The third-order valence-electron chi connectivity index (χ3n) is 3.21. The van der Waals surface area contributed by atoms with Gasteiger partial charge < -0.3 is 19.9 Å². The van der Waals surface area contributed by atoms with Crippen LogP contribution in [0.5, 0.6) is 0 Å². The second kappa shape index (κ2) is 7.96. The van der Waals surface area contributed by atoms with Crippen molar-refractivity contribution in [3.63, 3.8) is 0 Å². The summed E-state index contributed by atoms with van der Waals surface area (Å²) in [5, 5.41) is 12.4. The SMILES string of the molecule is O=C(N[C@H]1COCC[C@H]1OCCO)c1ccc(Cl)c(Cl)c1. The highest BCUT2D eigenvalue weighted by atomic mass is 35.5. The number of nitrogens with one attached hydrogen (secondary N) is 1. The first-order valence-corrected chi connectivity index (χ1v) is 7.43. The Balaban J connectivity index is 2.00. The van der Waals surface area contributed by atoms with Crippen LogP contribution in [0, 0.1) is 0 Å². The fourth-order valence-corrected chi connectivity index (χ4v) is 2.44. The van der Waals surface area contributed by atoms with Crippen LogP contribution < -0.4 is 5.32 Å². The molecule has 0 spiro atoms. The van der Waals surface area contributed by atoms with E-state index in [-0.39, 0.29) is 31.3 Å². The molecule has 1 aromatic rings. The molecule has 1 saturated heterocycles. The Hall–Kier alpha value is -0.850. The quantitative estimate of drug-likeness (QED) is 0.863. The number of aliphatic hydroxyl groups is 1. The maximum absolute atomic E-state index is 12.2.